The van der Waals surface area contributed by atoms with E-state index in [2.05, 4.69) is 5.32 Å². The molecule has 2 N–H and O–H groups in total. The van der Waals surface area contributed by atoms with Crippen LogP contribution in [-0.4, -0.2) is 38.5 Å². The van der Waals surface area contributed by atoms with Gasteiger partial charge in [0.2, 0.25) is 5.75 Å². The largest absolute Gasteiger partial charge is 0.493 e. The fraction of sp³-hybridized carbons (Fsp3) is 0.300. The summed E-state index contributed by atoms with van der Waals surface area (Å²) in [6, 6.07) is 11.5. The van der Waals surface area contributed by atoms with Gasteiger partial charge in [0, 0.05) is 0 Å². The first-order chi connectivity index (χ1) is 13.5. The molecule has 0 radical (unpaired) electrons. The number of alkyl carbamates (subject to hydrolysis) is 1. The van der Waals surface area contributed by atoms with Crippen LogP contribution >= 0.6 is 0 Å². The van der Waals surface area contributed by atoms with Gasteiger partial charge in [-0.2, -0.15) is 0 Å². The molecule has 8 nitrogen and oxygen atoms in total. The van der Waals surface area contributed by atoms with Crippen LogP contribution in [0.25, 0.3) is 0 Å². The molecule has 2 aromatic rings. The minimum Gasteiger partial charge on any atom is -0.493 e. The van der Waals surface area contributed by atoms with Crippen LogP contribution in [-0.2, 0) is 16.1 Å². The van der Waals surface area contributed by atoms with Crippen LogP contribution in [0.15, 0.2) is 42.5 Å². The maximum absolute atomic E-state index is 12.2. The van der Waals surface area contributed by atoms with Gasteiger partial charge in [-0.05, 0) is 23.3 Å². The Morgan fingerprint density at radius 3 is 2.11 bits per heavy atom. The lowest BCUT2D eigenvalue weighted by atomic mass is 10.0. The first-order valence-electron chi connectivity index (χ1n) is 8.47. The molecule has 2 rings (SSSR count). The average molecular weight is 389 g/mol. The number of amides is 1. The van der Waals surface area contributed by atoms with Crippen molar-refractivity contribution in [3.05, 3.63) is 53.6 Å². The van der Waals surface area contributed by atoms with Gasteiger partial charge in [0.1, 0.15) is 6.61 Å². The summed E-state index contributed by atoms with van der Waals surface area (Å²) in [5.74, 6) is -0.00465. The Morgan fingerprint density at radius 2 is 1.61 bits per heavy atom. The molecular weight excluding hydrogens is 366 g/mol. The van der Waals surface area contributed by atoms with E-state index in [1.807, 2.05) is 30.3 Å². The molecule has 8 heteroatoms. The van der Waals surface area contributed by atoms with Crippen molar-refractivity contribution < 1.29 is 33.6 Å². The molecule has 0 spiro atoms. The van der Waals surface area contributed by atoms with Crippen molar-refractivity contribution in [3.63, 3.8) is 0 Å². The van der Waals surface area contributed by atoms with E-state index < -0.39 is 18.1 Å². The number of carboxylic acid groups (broad SMARTS) is 1. The predicted octanol–water partition coefficient (Wildman–Crippen LogP) is 3.15. The number of carbonyl (C=O) groups is 2. The van der Waals surface area contributed by atoms with Crippen LogP contribution in [0.1, 0.15) is 23.6 Å². The highest BCUT2D eigenvalue weighted by atomic mass is 16.5. The maximum Gasteiger partial charge on any atom is 0.407 e. The van der Waals surface area contributed by atoms with Gasteiger partial charge in [0.15, 0.2) is 11.5 Å². The second kappa shape index (κ2) is 10.1. The molecule has 1 atom stereocenters. The molecule has 1 amide bonds. The molecule has 150 valence electrons. The van der Waals surface area contributed by atoms with E-state index in [-0.39, 0.29) is 13.0 Å². The van der Waals surface area contributed by atoms with Crippen molar-refractivity contribution in [2.75, 3.05) is 21.3 Å². The van der Waals surface area contributed by atoms with E-state index in [1.165, 1.54) is 21.3 Å². The number of rotatable bonds is 9. The zero-order valence-corrected chi connectivity index (χ0v) is 15.9. The Labute approximate surface area is 163 Å². The zero-order valence-electron chi connectivity index (χ0n) is 15.9. The summed E-state index contributed by atoms with van der Waals surface area (Å²) in [5.41, 5.74) is 1.30. The van der Waals surface area contributed by atoms with Crippen LogP contribution in [0, 0.1) is 0 Å². The van der Waals surface area contributed by atoms with Crippen molar-refractivity contribution >= 4 is 12.1 Å². The molecule has 0 aliphatic carbocycles. The second-order valence-electron chi connectivity index (χ2n) is 5.82. The first-order valence-corrected chi connectivity index (χ1v) is 8.47. The normalized spacial score (nSPS) is 11.2. The summed E-state index contributed by atoms with van der Waals surface area (Å²) in [6.45, 7) is 0.0712. The average Bonchev–Trinajstić information content (AvgIpc) is 2.71. The molecular formula is C20H23NO7. The molecule has 0 aromatic heterocycles. The molecule has 0 bridgehead atoms. The lowest BCUT2D eigenvalue weighted by Crippen LogP contribution is -2.30. The van der Waals surface area contributed by atoms with Crippen molar-refractivity contribution in [1.82, 2.24) is 5.32 Å². The number of carbonyl (C=O) groups excluding carboxylic acids is 1. The van der Waals surface area contributed by atoms with Crippen LogP contribution in [0.5, 0.6) is 17.2 Å². The third kappa shape index (κ3) is 5.54. The first kappa shape index (κ1) is 20.9. The fourth-order valence-corrected chi connectivity index (χ4v) is 2.64. The molecule has 28 heavy (non-hydrogen) atoms. The molecule has 0 aliphatic heterocycles. The lowest BCUT2D eigenvalue weighted by molar-refractivity contribution is -0.137. The van der Waals surface area contributed by atoms with Crippen molar-refractivity contribution in [3.8, 4) is 17.2 Å². The number of nitrogens with one attached hydrogen (secondary N) is 1. The summed E-state index contributed by atoms with van der Waals surface area (Å²) >= 11 is 0. The van der Waals surface area contributed by atoms with Gasteiger partial charge in [0.05, 0.1) is 33.8 Å². The second-order valence-corrected chi connectivity index (χ2v) is 5.82. The number of benzene rings is 2. The Bertz CT molecular complexity index is 782. The van der Waals surface area contributed by atoms with Gasteiger partial charge in [-0.3, -0.25) is 4.79 Å². The summed E-state index contributed by atoms with van der Waals surface area (Å²) < 4.78 is 21.0. The highest BCUT2D eigenvalue weighted by Crippen LogP contribution is 2.40. The molecule has 0 saturated carbocycles. The van der Waals surface area contributed by atoms with Crippen molar-refractivity contribution in [2.45, 2.75) is 19.1 Å². The van der Waals surface area contributed by atoms with Crippen LogP contribution in [0.4, 0.5) is 4.79 Å². The summed E-state index contributed by atoms with van der Waals surface area (Å²) in [4.78, 5) is 23.5. The van der Waals surface area contributed by atoms with Gasteiger partial charge in [-0.1, -0.05) is 30.3 Å². The minimum absolute atomic E-state index is 0.0712. The summed E-state index contributed by atoms with van der Waals surface area (Å²) in [5, 5.41) is 11.8. The molecule has 2 aromatic carbocycles. The van der Waals surface area contributed by atoms with E-state index in [0.717, 1.165) is 5.56 Å². The SMILES string of the molecule is COc1cc(C(CC(=O)O)NC(=O)OCc2ccccc2)cc(OC)c1OC. The number of aliphatic carboxylic acids is 1. The number of ether oxygens (including phenoxy) is 4. The minimum atomic E-state index is -1.08. The number of methoxy groups -OCH3 is 3. The molecule has 0 heterocycles. The van der Waals surface area contributed by atoms with E-state index in [1.54, 1.807) is 12.1 Å². The zero-order chi connectivity index (χ0) is 20.5. The number of hydrogen-bond acceptors (Lipinski definition) is 6. The van der Waals surface area contributed by atoms with E-state index in [4.69, 9.17) is 18.9 Å². The van der Waals surface area contributed by atoms with Gasteiger partial charge in [0.25, 0.3) is 0 Å². The third-order valence-corrected chi connectivity index (χ3v) is 3.97. The summed E-state index contributed by atoms with van der Waals surface area (Å²) in [7, 11) is 4.37. The Kier molecular flexibility index (Phi) is 7.50. The standard InChI is InChI=1S/C20H23NO7/c1-25-16-9-14(10-17(26-2)19(16)27-3)15(11-18(22)23)21-20(24)28-12-13-7-5-4-6-8-13/h4-10,15H,11-12H2,1-3H3,(H,21,24)(H,22,23). The predicted molar refractivity (Wildman–Crippen MR) is 101 cm³/mol. The Balaban J connectivity index is 2.20. The Morgan fingerprint density at radius 1 is 1.00 bits per heavy atom. The van der Waals surface area contributed by atoms with E-state index in [0.29, 0.717) is 22.8 Å². The highest BCUT2D eigenvalue weighted by Gasteiger charge is 2.23. The van der Waals surface area contributed by atoms with Crippen LogP contribution in [0.3, 0.4) is 0 Å². The lowest BCUT2D eigenvalue weighted by Gasteiger charge is -2.20. The topological polar surface area (TPSA) is 103 Å². The van der Waals surface area contributed by atoms with E-state index in [9.17, 15) is 14.7 Å². The smallest absolute Gasteiger partial charge is 0.407 e. The molecule has 0 saturated heterocycles. The molecule has 0 fully saturated rings. The number of hydrogen-bond donors (Lipinski definition) is 2. The van der Waals surface area contributed by atoms with Gasteiger partial charge in [-0.15, -0.1) is 0 Å². The van der Waals surface area contributed by atoms with Crippen molar-refractivity contribution in [1.29, 1.82) is 0 Å². The third-order valence-electron chi connectivity index (χ3n) is 3.97. The van der Waals surface area contributed by atoms with Crippen LogP contribution in [0.2, 0.25) is 0 Å². The monoisotopic (exact) mass is 389 g/mol. The van der Waals surface area contributed by atoms with Crippen LogP contribution < -0.4 is 19.5 Å². The quantitative estimate of drug-likeness (QED) is 0.679. The number of carboxylic acids is 1. The van der Waals surface area contributed by atoms with Crippen molar-refractivity contribution in [2.24, 2.45) is 0 Å². The molecule has 1 unspecified atom stereocenters. The van der Waals surface area contributed by atoms with Gasteiger partial charge in [-0.25, -0.2) is 4.79 Å². The maximum atomic E-state index is 12.2. The molecule has 0 aliphatic rings. The Hall–Kier alpha value is -3.42. The highest BCUT2D eigenvalue weighted by molar-refractivity contribution is 5.72. The van der Waals surface area contributed by atoms with Gasteiger partial charge < -0.3 is 29.4 Å². The van der Waals surface area contributed by atoms with E-state index >= 15 is 0 Å². The fourth-order valence-electron chi connectivity index (χ4n) is 2.64. The summed E-state index contributed by atoms with van der Waals surface area (Å²) in [6.07, 6.45) is -1.08. The van der Waals surface area contributed by atoms with Gasteiger partial charge >= 0.3 is 12.1 Å².